The molecule has 2 aliphatic carbocycles. The van der Waals surface area contributed by atoms with Crippen molar-refractivity contribution in [1.29, 1.82) is 0 Å². The molecule has 138 valence electrons. The molecule has 0 aromatic heterocycles. The van der Waals surface area contributed by atoms with Gasteiger partial charge < -0.3 is 0 Å². The summed E-state index contributed by atoms with van der Waals surface area (Å²) < 4.78 is 13.5. The molecular weight excluding hydrogens is 319 g/mol. The highest BCUT2D eigenvalue weighted by Crippen LogP contribution is 2.48. The first-order valence-electron chi connectivity index (χ1n) is 10.6. The van der Waals surface area contributed by atoms with Crippen molar-refractivity contribution in [2.24, 2.45) is 17.8 Å². The molecule has 0 saturated heterocycles. The molecule has 2 aliphatic rings. The molecule has 0 spiro atoms. The molecule has 26 heavy (non-hydrogen) atoms. The van der Waals surface area contributed by atoms with Gasteiger partial charge in [0.25, 0.3) is 0 Å². The number of hydrogen-bond donors (Lipinski definition) is 0. The molecule has 4 atom stereocenters. The van der Waals surface area contributed by atoms with E-state index in [1.54, 1.807) is 12.1 Å². The fourth-order valence-corrected chi connectivity index (χ4v) is 5.58. The van der Waals surface area contributed by atoms with E-state index in [0.29, 0.717) is 0 Å². The predicted molar refractivity (Wildman–Crippen MR) is 108 cm³/mol. The van der Waals surface area contributed by atoms with Crippen LogP contribution in [-0.4, -0.2) is 0 Å². The Balaban J connectivity index is 1.41. The largest absolute Gasteiger partial charge is 0.207 e. The average Bonchev–Trinajstić information content (AvgIpc) is 2.68. The molecule has 2 aromatic carbocycles. The summed E-state index contributed by atoms with van der Waals surface area (Å²) >= 11 is 0. The monoisotopic (exact) mass is 350 g/mol. The van der Waals surface area contributed by atoms with Gasteiger partial charge in [-0.2, -0.15) is 0 Å². The molecule has 0 heterocycles. The maximum absolute atomic E-state index is 13.5. The first-order valence-corrected chi connectivity index (χ1v) is 10.6. The number of halogens is 1. The van der Waals surface area contributed by atoms with Crippen molar-refractivity contribution >= 4 is 0 Å². The molecular formula is C25H31F. The molecule has 0 nitrogen and oxygen atoms in total. The van der Waals surface area contributed by atoms with Crippen LogP contribution in [0.4, 0.5) is 4.39 Å². The summed E-state index contributed by atoms with van der Waals surface area (Å²) in [5.41, 5.74) is 3.57. The van der Waals surface area contributed by atoms with E-state index >= 15 is 0 Å². The molecule has 0 bridgehead atoms. The minimum Gasteiger partial charge on any atom is -0.207 e. The van der Waals surface area contributed by atoms with Gasteiger partial charge in [-0.3, -0.25) is 0 Å². The molecule has 2 aromatic rings. The highest BCUT2D eigenvalue weighted by molar-refractivity contribution is 5.63. The lowest BCUT2D eigenvalue weighted by atomic mass is 9.63. The van der Waals surface area contributed by atoms with E-state index in [-0.39, 0.29) is 5.82 Å². The van der Waals surface area contributed by atoms with E-state index in [1.165, 1.54) is 63.0 Å². The molecule has 0 radical (unpaired) electrons. The zero-order chi connectivity index (χ0) is 17.9. The molecule has 1 heteroatoms. The molecule has 0 amide bonds. The summed E-state index contributed by atoms with van der Waals surface area (Å²) in [4.78, 5) is 0. The quantitative estimate of drug-likeness (QED) is 0.532. The van der Waals surface area contributed by atoms with Crippen molar-refractivity contribution in [3.05, 3.63) is 59.9 Å². The standard InChI is InChI=1S/C25H31F/c1-2-4-18-7-8-24-16-23(14-13-22(24)15-18)20-11-9-19(10-12-20)21-5-3-6-25(26)17-21/h3,5-6,9-12,17-18,22-24H,2,4,7-8,13-16H2,1H3/t18?,22-,23-,24-/m1/s1. The van der Waals surface area contributed by atoms with Crippen LogP contribution >= 0.6 is 0 Å². The summed E-state index contributed by atoms with van der Waals surface area (Å²) in [6.45, 7) is 2.33. The third-order valence-electron chi connectivity index (χ3n) is 6.96. The lowest BCUT2D eigenvalue weighted by Crippen LogP contribution is -2.30. The smallest absolute Gasteiger partial charge is 0.123 e. The van der Waals surface area contributed by atoms with Crippen molar-refractivity contribution in [2.45, 2.75) is 64.2 Å². The summed E-state index contributed by atoms with van der Waals surface area (Å²) in [6, 6.07) is 15.8. The Morgan fingerprint density at radius 2 is 1.62 bits per heavy atom. The number of benzene rings is 2. The summed E-state index contributed by atoms with van der Waals surface area (Å²) in [6.07, 6.45) is 11.3. The van der Waals surface area contributed by atoms with Gasteiger partial charge in [0.2, 0.25) is 0 Å². The van der Waals surface area contributed by atoms with Gasteiger partial charge in [0.1, 0.15) is 5.82 Å². The maximum atomic E-state index is 13.5. The SMILES string of the molecule is CCCC1CC[C@@H]2C[C@H](c3ccc(-c4cccc(F)c4)cc3)CC[C@@H]2C1. The Hall–Kier alpha value is -1.63. The van der Waals surface area contributed by atoms with E-state index < -0.39 is 0 Å². The molecule has 1 unspecified atom stereocenters. The molecule has 4 rings (SSSR count). The van der Waals surface area contributed by atoms with Crippen molar-refractivity contribution in [3.63, 3.8) is 0 Å². The molecule has 0 N–H and O–H groups in total. The summed E-state index contributed by atoms with van der Waals surface area (Å²) in [7, 11) is 0. The van der Waals surface area contributed by atoms with Gasteiger partial charge in [0.05, 0.1) is 0 Å². The molecule has 2 saturated carbocycles. The van der Waals surface area contributed by atoms with Gasteiger partial charge in [-0.25, -0.2) is 4.39 Å². The van der Waals surface area contributed by atoms with Gasteiger partial charge in [0.15, 0.2) is 0 Å². The second kappa shape index (κ2) is 7.94. The van der Waals surface area contributed by atoms with E-state index in [2.05, 4.69) is 31.2 Å². The molecule has 2 fully saturated rings. The Labute approximate surface area is 157 Å². The average molecular weight is 351 g/mol. The van der Waals surface area contributed by atoms with Gasteiger partial charge >= 0.3 is 0 Å². The fourth-order valence-electron chi connectivity index (χ4n) is 5.58. The zero-order valence-electron chi connectivity index (χ0n) is 16.0. The van der Waals surface area contributed by atoms with E-state index in [1.807, 2.05) is 6.07 Å². The van der Waals surface area contributed by atoms with Gasteiger partial charge in [-0.15, -0.1) is 0 Å². The summed E-state index contributed by atoms with van der Waals surface area (Å²) in [5.74, 6) is 3.50. The number of fused-ring (bicyclic) bond motifs is 1. The van der Waals surface area contributed by atoms with Crippen molar-refractivity contribution in [3.8, 4) is 11.1 Å². The van der Waals surface area contributed by atoms with Crippen molar-refractivity contribution < 1.29 is 4.39 Å². The predicted octanol–water partition coefficient (Wildman–Crippen LogP) is 7.59. The highest BCUT2D eigenvalue weighted by atomic mass is 19.1. The van der Waals surface area contributed by atoms with Crippen LogP contribution in [0, 0.1) is 23.6 Å². The first kappa shape index (κ1) is 17.8. The van der Waals surface area contributed by atoms with E-state index in [9.17, 15) is 4.39 Å². The van der Waals surface area contributed by atoms with Crippen LogP contribution in [-0.2, 0) is 0 Å². The second-order valence-electron chi connectivity index (χ2n) is 8.63. The fraction of sp³-hybridized carbons (Fsp3) is 0.520. The Morgan fingerprint density at radius 1 is 0.846 bits per heavy atom. The van der Waals surface area contributed by atoms with Crippen LogP contribution in [0.1, 0.15) is 69.8 Å². The lowest BCUT2D eigenvalue weighted by Gasteiger charge is -2.42. The number of rotatable bonds is 4. The Kier molecular flexibility index (Phi) is 5.43. The zero-order valence-corrected chi connectivity index (χ0v) is 16.0. The van der Waals surface area contributed by atoms with Gasteiger partial charge in [0, 0.05) is 0 Å². The minimum absolute atomic E-state index is 0.163. The van der Waals surface area contributed by atoms with Crippen LogP contribution in [0.3, 0.4) is 0 Å². The minimum atomic E-state index is -0.163. The van der Waals surface area contributed by atoms with Crippen molar-refractivity contribution in [1.82, 2.24) is 0 Å². The van der Waals surface area contributed by atoms with Crippen molar-refractivity contribution in [2.75, 3.05) is 0 Å². The summed E-state index contributed by atoms with van der Waals surface area (Å²) in [5, 5.41) is 0. The lowest BCUT2D eigenvalue weighted by molar-refractivity contribution is 0.114. The normalized spacial score (nSPS) is 28.5. The van der Waals surface area contributed by atoms with Gasteiger partial charge in [-0.05, 0) is 84.6 Å². The highest BCUT2D eigenvalue weighted by Gasteiger charge is 2.35. The van der Waals surface area contributed by atoms with Crippen LogP contribution in [0.2, 0.25) is 0 Å². The third kappa shape index (κ3) is 3.87. The molecule has 0 aliphatic heterocycles. The Morgan fingerprint density at radius 3 is 2.38 bits per heavy atom. The number of hydrogen-bond acceptors (Lipinski definition) is 0. The van der Waals surface area contributed by atoms with Crippen LogP contribution in [0.15, 0.2) is 48.5 Å². The van der Waals surface area contributed by atoms with E-state index in [4.69, 9.17) is 0 Å². The topological polar surface area (TPSA) is 0 Å². The van der Waals surface area contributed by atoms with E-state index in [0.717, 1.165) is 34.8 Å². The Bertz CT molecular complexity index is 717. The van der Waals surface area contributed by atoms with Crippen LogP contribution in [0.25, 0.3) is 11.1 Å². The first-order chi connectivity index (χ1) is 12.7. The second-order valence-corrected chi connectivity index (χ2v) is 8.63. The van der Waals surface area contributed by atoms with Crippen LogP contribution < -0.4 is 0 Å². The van der Waals surface area contributed by atoms with Gasteiger partial charge in [-0.1, -0.05) is 62.6 Å². The third-order valence-corrected chi connectivity index (χ3v) is 6.96. The van der Waals surface area contributed by atoms with Crippen LogP contribution in [0.5, 0.6) is 0 Å². The maximum Gasteiger partial charge on any atom is 0.123 e.